The van der Waals surface area contributed by atoms with Gasteiger partial charge in [-0.05, 0) is 25.5 Å². The van der Waals surface area contributed by atoms with E-state index >= 15 is 0 Å². The molecule has 0 heterocycles. The molecule has 30 heavy (non-hydrogen) atoms. The second-order valence-electron chi connectivity index (χ2n) is 5.02. The summed E-state index contributed by atoms with van der Waals surface area (Å²) >= 11 is 9.63. The molecule has 0 aromatic rings. The van der Waals surface area contributed by atoms with Crippen molar-refractivity contribution < 1.29 is 68.1 Å². The zero-order chi connectivity index (χ0) is 21.6. The maximum Gasteiger partial charge on any atom is 1.00 e. The summed E-state index contributed by atoms with van der Waals surface area (Å²) in [6, 6.07) is 0. The molecule has 0 saturated carbocycles. The first kappa shape index (κ1) is 58.4. The zero-order valence-corrected chi connectivity index (χ0v) is 24.9. The first-order valence-electron chi connectivity index (χ1n) is 8.92. The maximum absolute atomic E-state index is 8.33. The van der Waals surface area contributed by atoms with Crippen molar-refractivity contribution >= 4 is 62.0 Å². The Hall–Kier alpha value is 2.45. The Bertz CT molecular complexity index is 207. The van der Waals surface area contributed by atoms with Crippen molar-refractivity contribution in [2.24, 2.45) is 0 Å². The van der Waals surface area contributed by atoms with E-state index < -0.39 is 14.2 Å². The molecule has 0 saturated heterocycles. The van der Waals surface area contributed by atoms with Crippen molar-refractivity contribution in [2.45, 2.75) is 85.8 Å². The minimum absolute atomic E-state index is 0. The van der Waals surface area contributed by atoms with Gasteiger partial charge in [0.2, 0.25) is 0 Å². The average molecular weight is 672 g/mol. The van der Waals surface area contributed by atoms with Crippen molar-refractivity contribution in [3.8, 4) is 0 Å². The Morgan fingerprint density at radius 1 is 0.667 bits per heavy atom. The van der Waals surface area contributed by atoms with Crippen molar-refractivity contribution in [1.82, 2.24) is 0 Å². The van der Waals surface area contributed by atoms with Crippen LogP contribution in [0.1, 0.15) is 74.6 Å². The molecule has 0 aliphatic rings. The van der Waals surface area contributed by atoms with Crippen LogP contribution in [0.5, 0.6) is 0 Å². The Kier molecular flexibility index (Phi) is 136. The minimum atomic E-state index is -1.15. The average Bonchev–Trinajstić information content (AvgIpc) is 2.63. The topological polar surface area (TPSA) is 80.9 Å². The van der Waals surface area contributed by atoms with Gasteiger partial charge in [0.05, 0.1) is 0 Å². The Balaban J connectivity index is -0.0000000223. The first-order chi connectivity index (χ1) is 12.4. The van der Waals surface area contributed by atoms with Gasteiger partial charge < -0.3 is 27.5 Å². The molecule has 0 aromatic carbocycles. The van der Waals surface area contributed by atoms with Gasteiger partial charge in [0.15, 0.2) is 0 Å². The SMILES string of the molecule is C.CCCBr.CCCCCB(O)O.CCCCCBr.FF.OB(O)CCBr.[CH3-].[HH].[Li+].[V]. The van der Waals surface area contributed by atoms with Crippen LogP contribution < -0.4 is 18.9 Å². The molecule has 0 aliphatic carbocycles. The number of unbranched alkanes of at least 4 members (excludes halogenated alkanes) is 4. The second-order valence-corrected chi connectivity index (χ2v) is 7.40. The van der Waals surface area contributed by atoms with Crippen LogP contribution in [0.25, 0.3) is 0 Å². The molecule has 4 nitrogen and oxygen atoms in total. The third-order valence-electron chi connectivity index (χ3n) is 2.36. The predicted molar refractivity (Wildman–Crippen MR) is 138 cm³/mol. The van der Waals surface area contributed by atoms with Crippen LogP contribution in [0.4, 0.5) is 9.15 Å². The Morgan fingerprint density at radius 2 is 1.00 bits per heavy atom. The van der Waals surface area contributed by atoms with Crippen molar-refractivity contribution in [3.05, 3.63) is 7.43 Å². The standard InChI is InChI=1S/C5H13BO2.C5H11Br.C3H7Br.C2H6BBrO2.CH4.CH3.F2.Li.V.H2/c1-2-3-4-5-6(7)8;1-2-3-4-5-6;1-2-3-4;4-2-1-3(5)6;;;1-2;;;/h7-8H,2-5H2,1H3;2-5H2,1H3;2-3H2,1H3;5-6H,1-2H2;1H4;1H3;;;;1H/q;;;;;-1;;+1;;. The molecule has 0 rings (SSSR count). The molecule has 0 aliphatic heterocycles. The summed E-state index contributed by atoms with van der Waals surface area (Å²) < 4.78 is 16.0. The predicted octanol–water partition coefficient (Wildman–Crippen LogP) is 4.04. The van der Waals surface area contributed by atoms with Crippen LogP contribution in [0.2, 0.25) is 12.6 Å². The van der Waals surface area contributed by atoms with Crippen LogP contribution in [0.3, 0.4) is 0 Å². The fourth-order valence-electron chi connectivity index (χ4n) is 1.02. The van der Waals surface area contributed by atoms with E-state index in [1.165, 1.54) is 31.0 Å². The van der Waals surface area contributed by atoms with Gasteiger partial charge in [0.25, 0.3) is 0 Å². The van der Waals surface area contributed by atoms with Crippen LogP contribution in [-0.4, -0.2) is 50.3 Å². The normalized spacial score (nSPS) is 7.20. The smallest absolute Gasteiger partial charge is 0.427 e. The third-order valence-corrected chi connectivity index (χ3v) is 4.17. The van der Waals surface area contributed by atoms with E-state index in [1.54, 1.807) is 0 Å². The fraction of sp³-hybridized carbons (Fsp3) is 0.941. The number of rotatable bonds is 10. The minimum Gasteiger partial charge on any atom is -0.427 e. The summed E-state index contributed by atoms with van der Waals surface area (Å²) in [5, 5.41) is 35.8. The van der Waals surface area contributed by atoms with Gasteiger partial charge in [-0.25, -0.2) is 0 Å². The molecular weight excluding hydrogens is 625 g/mol. The van der Waals surface area contributed by atoms with Crippen molar-refractivity contribution in [1.29, 1.82) is 0 Å². The number of hydrogen-bond donors (Lipinski definition) is 4. The largest absolute Gasteiger partial charge is 1.00 e. The quantitative estimate of drug-likeness (QED) is 0.122. The van der Waals surface area contributed by atoms with E-state index in [0.29, 0.717) is 18.0 Å². The van der Waals surface area contributed by atoms with Gasteiger partial charge in [-0.1, -0.05) is 108 Å². The third kappa shape index (κ3) is 126. The van der Waals surface area contributed by atoms with Gasteiger partial charge in [0.1, 0.15) is 0 Å². The molecule has 0 aromatic heterocycles. The molecule has 0 atom stereocenters. The van der Waals surface area contributed by atoms with E-state index in [1.807, 2.05) is 0 Å². The van der Waals surface area contributed by atoms with Gasteiger partial charge >= 0.3 is 33.1 Å². The van der Waals surface area contributed by atoms with Gasteiger partial charge in [-0.15, -0.1) is 0 Å². The zero-order valence-electron chi connectivity index (χ0n) is 18.8. The second kappa shape index (κ2) is 69.7. The molecule has 185 valence electrons. The van der Waals surface area contributed by atoms with Crippen LogP contribution in [0.15, 0.2) is 0 Å². The number of alkyl halides is 3. The van der Waals surface area contributed by atoms with Gasteiger partial charge in [0, 0.05) is 45.1 Å². The molecule has 0 spiro atoms. The summed E-state index contributed by atoms with van der Waals surface area (Å²) in [7, 11) is -2.24. The first-order valence-corrected chi connectivity index (χ1v) is 12.3. The number of hydrogen-bond acceptors (Lipinski definition) is 4. The Labute approximate surface area is 237 Å². The fourth-order valence-corrected chi connectivity index (χ4v) is 1.82. The molecular formula is C17H46B2Br3F2LiO4V. The van der Waals surface area contributed by atoms with Crippen LogP contribution >= 0.6 is 47.8 Å². The van der Waals surface area contributed by atoms with Gasteiger partial charge in [-0.3, -0.25) is 0 Å². The molecule has 1 radical (unpaired) electrons. The number of halogens is 5. The van der Waals surface area contributed by atoms with Gasteiger partial charge in [-0.2, -0.15) is 0 Å². The molecule has 0 unspecified atom stereocenters. The summed E-state index contributed by atoms with van der Waals surface area (Å²) in [5.41, 5.74) is 0. The van der Waals surface area contributed by atoms with Crippen LogP contribution in [-0.2, 0) is 18.6 Å². The van der Waals surface area contributed by atoms with Crippen LogP contribution in [0, 0.1) is 7.43 Å². The molecule has 4 N–H and O–H groups in total. The molecule has 13 heteroatoms. The summed E-state index contributed by atoms with van der Waals surface area (Å²) in [5.74, 6) is 0. The van der Waals surface area contributed by atoms with Crippen molar-refractivity contribution in [2.75, 3.05) is 16.0 Å². The van der Waals surface area contributed by atoms with E-state index in [2.05, 4.69) is 68.6 Å². The summed E-state index contributed by atoms with van der Waals surface area (Å²) in [4.78, 5) is 0. The van der Waals surface area contributed by atoms with E-state index in [-0.39, 0.29) is 53.7 Å². The van der Waals surface area contributed by atoms with E-state index in [9.17, 15) is 0 Å². The summed E-state index contributed by atoms with van der Waals surface area (Å²) in [6.07, 6.45) is 9.33. The molecule has 0 amide bonds. The van der Waals surface area contributed by atoms with E-state index in [4.69, 9.17) is 29.2 Å². The monoisotopic (exact) mass is 669 g/mol. The van der Waals surface area contributed by atoms with Crippen molar-refractivity contribution in [3.63, 3.8) is 0 Å². The van der Waals surface area contributed by atoms with E-state index in [0.717, 1.165) is 24.6 Å². The Morgan fingerprint density at radius 3 is 1.13 bits per heavy atom. The molecule has 0 fully saturated rings. The molecule has 0 bridgehead atoms. The summed E-state index contributed by atoms with van der Waals surface area (Å²) in [6.45, 7) is 6.43. The maximum atomic E-state index is 8.33.